The van der Waals surface area contributed by atoms with Crippen molar-refractivity contribution in [1.82, 2.24) is 14.7 Å². The van der Waals surface area contributed by atoms with Crippen molar-refractivity contribution in [3.8, 4) is 17.5 Å². The molecule has 5 nitrogen and oxygen atoms in total. The minimum absolute atomic E-state index is 0.0335. The summed E-state index contributed by atoms with van der Waals surface area (Å²) in [5.74, 6) is 0.681. The van der Waals surface area contributed by atoms with E-state index in [0.29, 0.717) is 17.2 Å². The molecule has 0 unspecified atom stereocenters. The molecular weight excluding hydrogens is 369 g/mol. The van der Waals surface area contributed by atoms with Gasteiger partial charge in [-0.25, -0.2) is 0 Å². The van der Waals surface area contributed by atoms with Gasteiger partial charge in [0.2, 0.25) is 0 Å². The number of fused-ring (bicyclic) bond motifs is 1. The van der Waals surface area contributed by atoms with Crippen LogP contribution in [0, 0.1) is 18.3 Å². The summed E-state index contributed by atoms with van der Waals surface area (Å²) in [7, 11) is 0. The van der Waals surface area contributed by atoms with Crippen LogP contribution >= 0.6 is 0 Å². The van der Waals surface area contributed by atoms with E-state index in [0.717, 1.165) is 11.1 Å². The zero-order valence-corrected chi connectivity index (χ0v) is 14.7. The lowest BCUT2D eigenvalue weighted by Crippen LogP contribution is -2.09. The first-order valence-corrected chi connectivity index (χ1v) is 8.35. The van der Waals surface area contributed by atoms with E-state index in [1.54, 1.807) is 10.6 Å². The minimum Gasteiger partial charge on any atom is -0.340 e. The van der Waals surface area contributed by atoms with Gasteiger partial charge in [-0.2, -0.15) is 23.4 Å². The first kappa shape index (κ1) is 17.8. The second kappa shape index (κ2) is 6.53. The van der Waals surface area contributed by atoms with Crippen LogP contribution in [0.3, 0.4) is 0 Å². The molecule has 4 rings (SSSR count). The van der Waals surface area contributed by atoms with Crippen LogP contribution in [0.1, 0.15) is 22.5 Å². The molecule has 0 radical (unpaired) electrons. The molecule has 0 saturated carbocycles. The molecular formula is C20H13F3N4O. The van der Waals surface area contributed by atoms with Gasteiger partial charge in [0.1, 0.15) is 0 Å². The number of hydrogen-bond donors (Lipinski definition) is 0. The molecule has 0 N–H and O–H groups in total. The maximum atomic E-state index is 13.4. The Morgan fingerprint density at radius 1 is 1.11 bits per heavy atom. The van der Waals surface area contributed by atoms with E-state index in [2.05, 4.69) is 10.1 Å². The van der Waals surface area contributed by atoms with E-state index in [-0.39, 0.29) is 11.9 Å². The highest BCUT2D eigenvalue weighted by Gasteiger charge is 2.36. The Labute approximate surface area is 157 Å². The van der Waals surface area contributed by atoms with Gasteiger partial charge in [-0.05, 0) is 37.3 Å². The lowest BCUT2D eigenvalue weighted by Gasteiger charge is -2.11. The number of aryl methyl sites for hydroxylation is 1. The molecule has 0 aliphatic heterocycles. The van der Waals surface area contributed by atoms with Crippen LogP contribution in [-0.4, -0.2) is 14.7 Å². The highest BCUT2D eigenvalue weighted by Crippen LogP contribution is 2.37. The molecule has 0 spiro atoms. The van der Waals surface area contributed by atoms with Gasteiger partial charge in [0.15, 0.2) is 5.82 Å². The van der Waals surface area contributed by atoms with E-state index < -0.39 is 17.3 Å². The van der Waals surface area contributed by atoms with Crippen LogP contribution in [0.2, 0.25) is 0 Å². The number of rotatable bonds is 3. The first-order chi connectivity index (χ1) is 13.4. The van der Waals surface area contributed by atoms with Crippen molar-refractivity contribution in [2.45, 2.75) is 19.6 Å². The Kier molecular flexibility index (Phi) is 4.15. The summed E-state index contributed by atoms with van der Waals surface area (Å²) in [6.07, 6.45) is -3.11. The van der Waals surface area contributed by atoms with E-state index in [1.807, 2.05) is 31.2 Å². The van der Waals surface area contributed by atoms with Gasteiger partial charge in [-0.1, -0.05) is 22.9 Å². The number of alkyl halides is 3. The predicted octanol–water partition coefficient (Wildman–Crippen LogP) is 4.94. The smallest absolute Gasteiger partial charge is 0.340 e. The highest BCUT2D eigenvalue weighted by atomic mass is 19.4. The Morgan fingerprint density at radius 2 is 1.86 bits per heavy atom. The van der Waals surface area contributed by atoms with E-state index in [4.69, 9.17) is 9.78 Å². The second-order valence-electron chi connectivity index (χ2n) is 6.36. The molecule has 0 atom stereocenters. The van der Waals surface area contributed by atoms with Crippen molar-refractivity contribution < 1.29 is 17.7 Å². The summed E-state index contributed by atoms with van der Waals surface area (Å²) >= 11 is 0. The molecule has 2 aromatic carbocycles. The van der Waals surface area contributed by atoms with Gasteiger partial charge in [0.05, 0.1) is 23.7 Å². The number of aromatic nitrogens is 3. The maximum Gasteiger partial charge on any atom is 0.418 e. The van der Waals surface area contributed by atoms with Gasteiger partial charge < -0.3 is 9.09 Å². The summed E-state index contributed by atoms with van der Waals surface area (Å²) in [5.41, 5.74) is 0.867. The Balaban J connectivity index is 1.70. The number of halogens is 3. The molecule has 0 aliphatic carbocycles. The zero-order chi connectivity index (χ0) is 19.9. The van der Waals surface area contributed by atoms with Gasteiger partial charge in [0.25, 0.3) is 5.89 Å². The molecule has 2 aromatic heterocycles. The Hall–Kier alpha value is -3.60. The van der Waals surface area contributed by atoms with Crippen LogP contribution < -0.4 is 0 Å². The van der Waals surface area contributed by atoms with E-state index in [9.17, 15) is 13.2 Å². The van der Waals surface area contributed by atoms with Gasteiger partial charge in [-0.15, -0.1) is 0 Å². The summed E-state index contributed by atoms with van der Waals surface area (Å²) in [6, 6.07) is 13.2. The molecule has 4 aromatic rings. The average Bonchev–Trinajstić information content (AvgIpc) is 3.28. The summed E-state index contributed by atoms with van der Waals surface area (Å²) < 4.78 is 47.1. The Morgan fingerprint density at radius 3 is 2.54 bits per heavy atom. The van der Waals surface area contributed by atoms with Crippen molar-refractivity contribution in [2.75, 3.05) is 0 Å². The van der Waals surface area contributed by atoms with Crippen LogP contribution in [0.4, 0.5) is 13.2 Å². The van der Waals surface area contributed by atoms with Crippen LogP contribution in [0.15, 0.2) is 53.2 Å². The third-order valence-corrected chi connectivity index (χ3v) is 4.44. The van der Waals surface area contributed by atoms with Crippen LogP contribution in [0.25, 0.3) is 22.4 Å². The van der Waals surface area contributed by atoms with Gasteiger partial charge in [0, 0.05) is 22.7 Å². The normalized spacial score (nSPS) is 11.7. The quantitative estimate of drug-likeness (QED) is 0.503. The van der Waals surface area contributed by atoms with Crippen LogP contribution in [0.5, 0.6) is 0 Å². The van der Waals surface area contributed by atoms with Crippen molar-refractivity contribution >= 4 is 10.9 Å². The number of benzene rings is 2. The molecule has 8 heteroatoms. The lowest BCUT2D eigenvalue weighted by molar-refractivity contribution is -0.136. The fourth-order valence-corrected chi connectivity index (χ4v) is 3.09. The molecule has 0 aliphatic rings. The second-order valence-corrected chi connectivity index (χ2v) is 6.36. The maximum absolute atomic E-state index is 13.4. The number of nitriles is 1. The van der Waals surface area contributed by atoms with E-state index >= 15 is 0 Å². The monoisotopic (exact) mass is 382 g/mol. The average molecular weight is 382 g/mol. The molecule has 0 fully saturated rings. The molecule has 0 bridgehead atoms. The largest absolute Gasteiger partial charge is 0.418 e. The Bertz CT molecular complexity index is 1200. The summed E-state index contributed by atoms with van der Waals surface area (Å²) in [5, 5.41) is 12.9. The molecule has 0 amide bonds. The zero-order valence-electron chi connectivity index (χ0n) is 14.7. The summed E-state index contributed by atoms with van der Waals surface area (Å²) in [4.78, 5) is 4.32. The van der Waals surface area contributed by atoms with E-state index in [1.165, 1.54) is 24.4 Å². The van der Waals surface area contributed by atoms with Crippen molar-refractivity contribution in [3.63, 3.8) is 0 Å². The molecule has 28 heavy (non-hydrogen) atoms. The van der Waals surface area contributed by atoms with Crippen molar-refractivity contribution in [2.24, 2.45) is 0 Å². The highest BCUT2D eigenvalue weighted by molar-refractivity contribution is 5.86. The third-order valence-electron chi connectivity index (χ3n) is 4.44. The SMILES string of the molecule is Cc1ccc(-c2nc(Cn3ccc4c(C(F)(F)F)c(C#N)ccc43)no2)cc1. The van der Waals surface area contributed by atoms with Crippen LogP contribution in [-0.2, 0) is 12.7 Å². The third kappa shape index (κ3) is 3.11. The molecule has 140 valence electrons. The fraction of sp³-hybridized carbons (Fsp3) is 0.150. The van der Waals surface area contributed by atoms with Crippen molar-refractivity contribution in [1.29, 1.82) is 5.26 Å². The lowest BCUT2D eigenvalue weighted by atomic mass is 10.0. The fourth-order valence-electron chi connectivity index (χ4n) is 3.09. The topological polar surface area (TPSA) is 67.6 Å². The minimum atomic E-state index is -4.62. The standard InChI is InChI=1S/C20H13F3N4O/c1-12-2-4-13(5-3-12)19-25-17(26-28-19)11-27-9-8-15-16(27)7-6-14(10-24)18(15)20(21,22)23/h2-9H,11H2,1H3. The number of nitrogens with zero attached hydrogens (tertiary/aromatic N) is 4. The predicted molar refractivity (Wildman–Crippen MR) is 95.2 cm³/mol. The number of hydrogen-bond acceptors (Lipinski definition) is 4. The summed E-state index contributed by atoms with van der Waals surface area (Å²) in [6.45, 7) is 2.11. The van der Waals surface area contributed by atoms with Crippen molar-refractivity contribution in [3.05, 3.63) is 71.2 Å². The van der Waals surface area contributed by atoms with Gasteiger partial charge >= 0.3 is 6.18 Å². The first-order valence-electron chi connectivity index (χ1n) is 8.35. The molecule has 0 saturated heterocycles. The molecule has 2 heterocycles. The van der Waals surface area contributed by atoms with Gasteiger partial charge in [-0.3, -0.25) is 0 Å².